The van der Waals surface area contributed by atoms with Crippen molar-refractivity contribution in [1.82, 2.24) is 9.78 Å². The lowest BCUT2D eigenvalue weighted by molar-refractivity contribution is 0.0684. The van der Waals surface area contributed by atoms with Gasteiger partial charge in [-0.2, -0.15) is 10.4 Å². The number of carboxylic acid groups (broad SMARTS) is 1. The summed E-state index contributed by atoms with van der Waals surface area (Å²) in [6.45, 7) is -0.0609. The zero-order chi connectivity index (χ0) is 14.0. The molecule has 0 amide bonds. The third kappa shape index (κ3) is 2.80. The van der Waals surface area contributed by atoms with E-state index < -0.39 is 11.8 Å². The lowest BCUT2D eigenvalue weighted by Gasteiger charge is -2.06. The van der Waals surface area contributed by atoms with Crippen molar-refractivity contribution in [2.45, 2.75) is 6.54 Å². The predicted octanol–water partition coefficient (Wildman–Crippen LogP) is 2.40. The van der Waals surface area contributed by atoms with E-state index >= 15 is 0 Å². The molecule has 7 heteroatoms. The Balaban J connectivity index is 2.41. The van der Waals surface area contributed by atoms with E-state index in [4.69, 9.17) is 10.4 Å². The summed E-state index contributed by atoms with van der Waals surface area (Å²) < 4.78 is 15.1. The Labute approximate surface area is 116 Å². The number of carboxylic acids is 1. The summed E-state index contributed by atoms with van der Waals surface area (Å²) in [6, 6.07) is 7.13. The number of hydrogen-bond donors (Lipinski definition) is 1. The fourth-order valence-electron chi connectivity index (χ4n) is 1.60. The van der Waals surface area contributed by atoms with Crippen LogP contribution in [0.15, 0.2) is 28.9 Å². The Hall–Kier alpha value is -2.20. The summed E-state index contributed by atoms with van der Waals surface area (Å²) >= 11 is 3.07. The molecule has 2 aromatic rings. The summed E-state index contributed by atoms with van der Waals surface area (Å²) in [5, 5.41) is 21.7. The second kappa shape index (κ2) is 5.20. The van der Waals surface area contributed by atoms with Gasteiger partial charge in [-0.1, -0.05) is 0 Å². The standard InChI is InChI=1S/C12H7BrFN3O2/c13-11-4-10(12(18)19)17(16-11)6-8-3-7(5-15)1-2-9(8)14/h1-4H,6H2,(H,18,19). The van der Waals surface area contributed by atoms with Gasteiger partial charge >= 0.3 is 5.97 Å². The number of aromatic nitrogens is 2. The van der Waals surface area contributed by atoms with Gasteiger partial charge in [0, 0.05) is 11.6 Å². The SMILES string of the molecule is N#Cc1ccc(F)c(Cn2nc(Br)cc2C(=O)O)c1. The Morgan fingerprint density at radius 2 is 2.26 bits per heavy atom. The highest BCUT2D eigenvalue weighted by Gasteiger charge is 2.15. The van der Waals surface area contributed by atoms with Crippen LogP contribution >= 0.6 is 15.9 Å². The van der Waals surface area contributed by atoms with Crippen molar-refractivity contribution in [1.29, 1.82) is 5.26 Å². The van der Waals surface area contributed by atoms with Crippen LogP contribution < -0.4 is 0 Å². The first-order valence-corrected chi connectivity index (χ1v) is 5.95. The number of nitriles is 1. The average molecular weight is 324 g/mol. The Kier molecular flexibility index (Phi) is 3.62. The molecule has 19 heavy (non-hydrogen) atoms. The molecular formula is C12H7BrFN3O2. The molecule has 0 atom stereocenters. The first-order valence-electron chi connectivity index (χ1n) is 5.16. The van der Waals surface area contributed by atoms with E-state index in [2.05, 4.69) is 21.0 Å². The normalized spacial score (nSPS) is 10.2. The fraction of sp³-hybridized carbons (Fsp3) is 0.0833. The number of rotatable bonds is 3. The quantitative estimate of drug-likeness (QED) is 0.940. The van der Waals surface area contributed by atoms with E-state index in [1.54, 1.807) is 0 Å². The van der Waals surface area contributed by atoms with Gasteiger partial charge in [-0.05, 0) is 34.1 Å². The monoisotopic (exact) mass is 323 g/mol. The molecule has 0 saturated heterocycles. The van der Waals surface area contributed by atoms with Crippen LogP contribution in [0, 0.1) is 17.1 Å². The summed E-state index contributed by atoms with van der Waals surface area (Å²) in [5.41, 5.74) is 0.449. The molecule has 1 aromatic heterocycles. The average Bonchev–Trinajstić information content (AvgIpc) is 2.73. The van der Waals surface area contributed by atoms with Gasteiger partial charge in [0.15, 0.2) is 0 Å². The molecule has 0 aliphatic carbocycles. The molecule has 0 spiro atoms. The molecule has 5 nitrogen and oxygen atoms in total. The largest absolute Gasteiger partial charge is 0.477 e. The Bertz CT molecular complexity index is 691. The van der Waals surface area contributed by atoms with Crippen molar-refractivity contribution in [2.24, 2.45) is 0 Å². The van der Waals surface area contributed by atoms with Crippen molar-refractivity contribution in [2.75, 3.05) is 0 Å². The maximum absolute atomic E-state index is 13.6. The number of nitrogens with zero attached hydrogens (tertiary/aromatic N) is 3. The lowest BCUT2D eigenvalue weighted by atomic mass is 10.1. The van der Waals surface area contributed by atoms with Crippen LogP contribution in [-0.2, 0) is 6.54 Å². The third-order valence-corrected chi connectivity index (χ3v) is 2.85. The summed E-state index contributed by atoms with van der Waals surface area (Å²) in [7, 11) is 0. The molecule has 0 bridgehead atoms. The minimum atomic E-state index is -1.16. The van der Waals surface area contributed by atoms with Crippen LogP contribution in [-0.4, -0.2) is 20.9 Å². The first kappa shape index (κ1) is 13.2. The van der Waals surface area contributed by atoms with Crippen LogP contribution in [0.25, 0.3) is 0 Å². The third-order valence-electron chi connectivity index (χ3n) is 2.46. The summed E-state index contributed by atoms with van der Waals surface area (Å²) in [6.07, 6.45) is 0. The van der Waals surface area contributed by atoms with Gasteiger partial charge < -0.3 is 5.11 Å². The van der Waals surface area contributed by atoms with Crippen LogP contribution in [0.3, 0.4) is 0 Å². The zero-order valence-electron chi connectivity index (χ0n) is 9.47. The number of benzene rings is 1. The highest BCUT2D eigenvalue weighted by molar-refractivity contribution is 9.10. The van der Waals surface area contributed by atoms with Crippen LogP contribution in [0.2, 0.25) is 0 Å². The van der Waals surface area contributed by atoms with E-state index in [1.165, 1.54) is 24.3 Å². The van der Waals surface area contributed by atoms with E-state index in [9.17, 15) is 9.18 Å². The molecule has 0 saturated carbocycles. The maximum atomic E-state index is 13.6. The van der Waals surface area contributed by atoms with Crippen LogP contribution in [0.4, 0.5) is 4.39 Å². The molecule has 0 fully saturated rings. The molecule has 2 rings (SSSR count). The van der Waals surface area contributed by atoms with Crippen LogP contribution in [0.5, 0.6) is 0 Å². The van der Waals surface area contributed by atoms with Gasteiger partial charge in [-0.15, -0.1) is 0 Å². The van der Waals surface area contributed by atoms with Crippen molar-refractivity contribution in [3.05, 3.63) is 51.5 Å². The number of carbonyl (C=O) groups is 1. The number of aromatic carboxylic acids is 1. The smallest absolute Gasteiger partial charge is 0.354 e. The first-order chi connectivity index (χ1) is 9.01. The van der Waals surface area contributed by atoms with Crippen molar-refractivity contribution in [3.63, 3.8) is 0 Å². The molecule has 0 radical (unpaired) electrons. The number of halogens is 2. The summed E-state index contributed by atoms with van der Waals surface area (Å²) in [4.78, 5) is 11.0. The fourth-order valence-corrected chi connectivity index (χ4v) is 2.01. The van der Waals surface area contributed by atoms with Gasteiger partial charge in [0.1, 0.15) is 16.1 Å². The molecule has 1 aromatic carbocycles. The highest BCUT2D eigenvalue weighted by Crippen LogP contribution is 2.16. The van der Waals surface area contributed by atoms with Gasteiger partial charge in [0.2, 0.25) is 0 Å². The Morgan fingerprint density at radius 1 is 1.53 bits per heavy atom. The van der Waals surface area contributed by atoms with E-state index in [-0.39, 0.29) is 17.8 Å². The van der Waals surface area contributed by atoms with Crippen molar-refractivity contribution in [3.8, 4) is 6.07 Å². The topological polar surface area (TPSA) is 78.9 Å². The van der Waals surface area contributed by atoms with Crippen LogP contribution in [0.1, 0.15) is 21.6 Å². The van der Waals surface area contributed by atoms with Gasteiger partial charge in [-0.3, -0.25) is 4.68 Å². The van der Waals surface area contributed by atoms with E-state index in [0.29, 0.717) is 10.2 Å². The predicted molar refractivity (Wildman–Crippen MR) is 67.1 cm³/mol. The second-order valence-corrected chi connectivity index (χ2v) is 4.55. The second-order valence-electron chi connectivity index (χ2n) is 3.73. The molecular weight excluding hydrogens is 317 g/mol. The van der Waals surface area contributed by atoms with E-state index in [1.807, 2.05) is 6.07 Å². The molecule has 0 unspecified atom stereocenters. The minimum absolute atomic E-state index is 0.0609. The lowest BCUT2D eigenvalue weighted by Crippen LogP contribution is -2.12. The molecule has 1 N–H and O–H groups in total. The van der Waals surface area contributed by atoms with E-state index in [0.717, 1.165) is 4.68 Å². The minimum Gasteiger partial charge on any atom is -0.477 e. The summed E-state index contributed by atoms with van der Waals surface area (Å²) in [5.74, 6) is -1.67. The van der Waals surface area contributed by atoms with Gasteiger partial charge in [0.25, 0.3) is 0 Å². The maximum Gasteiger partial charge on any atom is 0.354 e. The molecule has 1 heterocycles. The number of hydrogen-bond acceptors (Lipinski definition) is 3. The van der Waals surface area contributed by atoms with Crippen molar-refractivity contribution < 1.29 is 14.3 Å². The van der Waals surface area contributed by atoms with Crippen molar-refractivity contribution >= 4 is 21.9 Å². The zero-order valence-corrected chi connectivity index (χ0v) is 11.1. The van der Waals surface area contributed by atoms with Gasteiger partial charge in [-0.25, -0.2) is 9.18 Å². The highest BCUT2D eigenvalue weighted by atomic mass is 79.9. The molecule has 0 aliphatic heterocycles. The molecule has 96 valence electrons. The Morgan fingerprint density at radius 3 is 2.89 bits per heavy atom. The molecule has 0 aliphatic rings. The van der Waals surface area contributed by atoms with Gasteiger partial charge in [0.05, 0.1) is 18.2 Å².